The van der Waals surface area contributed by atoms with Crippen molar-refractivity contribution in [3.63, 3.8) is 0 Å². The van der Waals surface area contributed by atoms with E-state index < -0.39 is 30.3 Å². The number of hydrogen-bond acceptors (Lipinski definition) is 5. The summed E-state index contributed by atoms with van der Waals surface area (Å²) in [6.45, 7) is 3.89. The maximum atomic E-state index is 11.8. The second-order valence-corrected chi connectivity index (χ2v) is 5.51. The van der Waals surface area contributed by atoms with Crippen LogP contribution in [-0.4, -0.2) is 60.3 Å². The molecule has 1 aliphatic heterocycles. The third-order valence-electron chi connectivity index (χ3n) is 3.56. The molecular formula is C16H19N3O5. The van der Waals surface area contributed by atoms with E-state index in [0.29, 0.717) is 9.80 Å². The molecule has 1 aromatic rings. The van der Waals surface area contributed by atoms with Crippen molar-refractivity contribution in [3.05, 3.63) is 29.3 Å². The van der Waals surface area contributed by atoms with Gasteiger partial charge in [-0.2, -0.15) is 0 Å². The van der Waals surface area contributed by atoms with Crippen LogP contribution < -0.4 is 10.1 Å². The van der Waals surface area contributed by atoms with Gasteiger partial charge in [-0.1, -0.05) is 17.7 Å². The highest BCUT2D eigenvalue weighted by Crippen LogP contribution is 2.18. The van der Waals surface area contributed by atoms with Crippen LogP contribution in [0, 0.1) is 13.8 Å². The fraction of sp³-hybridized carbons (Fsp3) is 0.375. The zero-order chi connectivity index (χ0) is 17.9. The smallest absolute Gasteiger partial charge is 0.334 e. The van der Waals surface area contributed by atoms with Crippen molar-refractivity contribution in [2.75, 3.05) is 26.7 Å². The summed E-state index contributed by atoms with van der Waals surface area (Å²) in [7, 11) is 1.19. The Morgan fingerprint density at radius 3 is 2.46 bits per heavy atom. The summed E-state index contributed by atoms with van der Waals surface area (Å²) in [5.74, 6) is -1.74. The molecule has 128 valence electrons. The summed E-state index contributed by atoms with van der Waals surface area (Å²) in [6, 6.07) is 4.98. The number of aryl methyl sites for hydroxylation is 2. The van der Waals surface area contributed by atoms with Crippen LogP contribution in [0.4, 0.5) is 4.79 Å². The Labute approximate surface area is 139 Å². The van der Waals surface area contributed by atoms with Gasteiger partial charge in [0, 0.05) is 7.05 Å². The molecule has 2 rings (SSSR count). The number of amides is 5. The van der Waals surface area contributed by atoms with Crippen LogP contribution in [-0.2, 0) is 14.4 Å². The Bertz CT molecular complexity index is 701. The Balaban J connectivity index is 1.77. The Morgan fingerprint density at radius 2 is 1.88 bits per heavy atom. The molecule has 0 unspecified atom stereocenters. The first kappa shape index (κ1) is 17.5. The Hall–Kier alpha value is -2.90. The molecular weight excluding hydrogens is 314 g/mol. The van der Waals surface area contributed by atoms with Gasteiger partial charge in [0.05, 0.1) is 6.54 Å². The van der Waals surface area contributed by atoms with E-state index in [-0.39, 0.29) is 13.2 Å². The average Bonchev–Trinajstić information content (AvgIpc) is 2.71. The molecule has 0 aliphatic carbocycles. The van der Waals surface area contributed by atoms with E-state index in [2.05, 4.69) is 5.32 Å². The van der Waals surface area contributed by atoms with Gasteiger partial charge in [-0.3, -0.25) is 19.3 Å². The van der Waals surface area contributed by atoms with E-state index >= 15 is 0 Å². The zero-order valence-electron chi connectivity index (χ0n) is 13.8. The highest BCUT2D eigenvalue weighted by Gasteiger charge is 2.42. The third-order valence-corrected chi connectivity index (χ3v) is 3.56. The molecule has 1 aliphatic rings. The summed E-state index contributed by atoms with van der Waals surface area (Å²) in [6.07, 6.45) is 0. The van der Waals surface area contributed by atoms with Crippen molar-refractivity contribution in [1.29, 1.82) is 0 Å². The molecule has 0 aromatic heterocycles. The molecule has 0 spiro atoms. The molecule has 0 atom stereocenters. The highest BCUT2D eigenvalue weighted by atomic mass is 16.5. The summed E-state index contributed by atoms with van der Waals surface area (Å²) in [5, 5.41) is 2.54. The molecule has 1 heterocycles. The first-order chi connectivity index (χ1) is 11.3. The van der Waals surface area contributed by atoms with Gasteiger partial charge in [-0.25, -0.2) is 9.69 Å². The Morgan fingerprint density at radius 1 is 1.17 bits per heavy atom. The molecule has 5 amide bonds. The van der Waals surface area contributed by atoms with Crippen LogP contribution in [0.3, 0.4) is 0 Å². The zero-order valence-corrected chi connectivity index (χ0v) is 13.8. The number of nitrogens with zero attached hydrogens (tertiary/aromatic N) is 2. The standard InChI is InChI=1S/C16H19N3O5/c1-10-4-5-12(11(2)8-10)24-7-6-17-13(20)9-19-15(22)14(21)18(3)16(19)23/h4-5,8H,6-7,9H2,1-3H3,(H,17,20). The van der Waals surface area contributed by atoms with E-state index in [4.69, 9.17) is 4.74 Å². The average molecular weight is 333 g/mol. The highest BCUT2D eigenvalue weighted by molar-refractivity contribution is 6.44. The number of rotatable bonds is 6. The number of carbonyl (C=O) groups is 4. The molecule has 8 heteroatoms. The van der Waals surface area contributed by atoms with Crippen LogP contribution in [0.1, 0.15) is 11.1 Å². The van der Waals surface area contributed by atoms with E-state index in [1.165, 1.54) is 7.05 Å². The number of benzene rings is 1. The monoisotopic (exact) mass is 333 g/mol. The first-order valence-corrected chi connectivity index (χ1v) is 7.41. The topological polar surface area (TPSA) is 96.0 Å². The van der Waals surface area contributed by atoms with E-state index in [0.717, 1.165) is 16.9 Å². The van der Waals surface area contributed by atoms with Crippen molar-refractivity contribution in [3.8, 4) is 5.75 Å². The van der Waals surface area contributed by atoms with Crippen molar-refractivity contribution in [1.82, 2.24) is 15.1 Å². The van der Waals surface area contributed by atoms with Crippen molar-refractivity contribution >= 4 is 23.8 Å². The summed E-state index contributed by atoms with van der Waals surface area (Å²) in [4.78, 5) is 47.6. The summed E-state index contributed by atoms with van der Waals surface area (Å²) < 4.78 is 5.56. The van der Waals surface area contributed by atoms with Crippen LogP contribution >= 0.6 is 0 Å². The Kier molecular flexibility index (Phi) is 5.18. The third kappa shape index (κ3) is 3.70. The van der Waals surface area contributed by atoms with Crippen LogP contribution in [0.2, 0.25) is 0 Å². The quantitative estimate of drug-likeness (QED) is 0.456. The number of likely N-dealkylation sites (N-methyl/N-ethyl adjacent to an activating group) is 1. The second-order valence-electron chi connectivity index (χ2n) is 5.51. The second kappa shape index (κ2) is 7.12. The molecule has 0 radical (unpaired) electrons. The van der Waals surface area contributed by atoms with Crippen molar-refractivity contribution in [2.24, 2.45) is 0 Å². The van der Waals surface area contributed by atoms with E-state index in [9.17, 15) is 19.2 Å². The van der Waals surface area contributed by atoms with Gasteiger partial charge < -0.3 is 10.1 Å². The summed E-state index contributed by atoms with van der Waals surface area (Å²) >= 11 is 0. The normalized spacial score (nSPS) is 14.4. The lowest BCUT2D eigenvalue weighted by Gasteiger charge is -2.13. The van der Waals surface area contributed by atoms with Crippen LogP contribution in [0.25, 0.3) is 0 Å². The predicted octanol–water partition coefficient (Wildman–Crippen LogP) is 0.219. The summed E-state index contributed by atoms with van der Waals surface area (Å²) in [5.41, 5.74) is 2.13. The number of carbonyl (C=O) groups excluding carboxylic acids is 4. The lowest BCUT2D eigenvalue weighted by molar-refractivity contribution is -0.143. The lowest BCUT2D eigenvalue weighted by Crippen LogP contribution is -2.42. The largest absolute Gasteiger partial charge is 0.491 e. The number of nitrogens with one attached hydrogen (secondary N) is 1. The van der Waals surface area contributed by atoms with Gasteiger partial charge in [0.2, 0.25) is 5.91 Å². The minimum Gasteiger partial charge on any atom is -0.491 e. The molecule has 1 fully saturated rings. The number of hydrogen-bond donors (Lipinski definition) is 1. The van der Waals surface area contributed by atoms with E-state index in [1.54, 1.807) is 0 Å². The number of imide groups is 2. The molecule has 0 bridgehead atoms. The predicted molar refractivity (Wildman–Crippen MR) is 84.3 cm³/mol. The molecule has 0 saturated carbocycles. The van der Waals surface area contributed by atoms with E-state index in [1.807, 2.05) is 32.0 Å². The van der Waals surface area contributed by atoms with Crippen molar-refractivity contribution in [2.45, 2.75) is 13.8 Å². The fourth-order valence-electron chi connectivity index (χ4n) is 2.27. The van der Waals surface area contributed by atoms with Gasteiger partial charge in [0.25, 0.3) is 0 Å². The van der Waals surface area contributed by atoms with Gasteiger partial charge in [0.15, 0.2) is 0 Å². The first-order valence-electron chi connectivity index (χ1n) is 7.41. The minimum absolute atomic E-state index is 0.214. The maximum Gasteiger partial charge on any atom is 0.334 e. The van der Waals surface area contributed by atoms with Gasteiger partial charge in [-0.05, 0) is 25.5 Å². The minimum atomic E-state index is -0.996. The van der Waals surface area contributed by atoms with Gasteiger partial charge >= 0.3 is 17.8 Å². The fourth-order valence-corrected chi connectivity index (χ4v) is 2.27. The van der Waals surface area contributed by atoms with Crippen LogP contribution in [0.15, 0.2) is 18.2 Å². The molecule has 1 saturated heterocycles. The lowest BCUT2D eigenvalue weighted by atomic mass is 10.1. The molecule has 1 aromatic carbocycles. The van der Waals surface area contributed by atoms with Gasteiger partial charge in [0.1, 0.15) is 18.9 Å². The molecule has 24 heavy (non-hydrogen) atoms. The molecule has 1 N–H and O–H groups in total. The maximum absolute atomic E-state index is 11.8. The SMILES string of the molecule is Cc1ccc(OCCNC(=O)CN2C(=O)C(=O)N(C)C2=O)c(C)c1. The van der Waals surface area contributed by atoms with Gasteiger partial charge in [-0.15, -0.1) is 0 Å². The number of urea groups is 1. The molecule has 8 nitrogen and oxygen atoms in total. The number of ether oxygens (including phenoxy) is 1. The van der Waals surface area contributed by atoms with Crippen LogP contribution in [0.5, 0.6) is 5.75 Å². The van der Waals surface area contributed by atoms with Crippen molar-refractivity contribution < 1.29 is 23.9 Å².